The van der Waals surface area contributed by atoms with Crippen LogP contribution in [0.3, 0.4) is 0 Å². The van der Waals surface area contributed by atoms with Crippen molar-refractivity contribution in [2.24, 2.45) is 5.92 Å². The van der Waals surface area contributed by atoms with Crippen molar-refractivity contribution in [3.63, 3.8) is 0 Å². The van der Waals surface area contributed by atoms with Gasteiger partial charge in [0.25, 0.3) is 6.43 Å². The van der Waals surface area contributed by atoms with E-state index >= 15 is 0 Å². The Hall–Kier alpha value is -1.24. The molecule has 7 heteroatoms. The molecule has 0 rings (SSSR count). The monoisotopic (exact) mass is 211 g/mol. The summed E-state index contributed by atoms with van der Waals surface area (Å²) in [5.41, 5.74) is 0. The molecule has 1 amide bonds. The van der Waals surface area contributed by atoms with Crippen LogP contribution in [-0.2, 0) is 9.59 Å². The number of halogens is 2. The Morgan fingerprint density at radius 3 is 2.29 bits per heavy atom. The van der Waals surface area contributed by atoms with Gasteiger partial charge in [-0.05, 0) is 6.92 Å². The summed E-state index contributed by atoms with van der Waals surface area (Å²) in [6.45, 7) is 0.459. The van der Waals surface area contributed by atoms with Crippen molar-refractivity contribution in [1.29, 1.82) is 0 Å². The van der Waals surface area contributed by atoms with E-state index in [9.17, 15) is 18.4 Å². The van der Waals surface area contributed by atoms with E-state index in [2.05, 4.69) is 0 Å². The Morgan fingerprint density at radius 1 is 1.43 bits per heavy atom. The summed E-state index contributed by atoms with van der Waals surface area (Å²) in [5, 5.41) is 18.8. The zero-order valence-electron chi connectivity index (χ0n) is 7.41. The van der Waals surface area contributed by atoms with Crippen molar-refractivity contribution >= 4 is 11.9 Å². The van der Waals surface area contributed by atoms with E-state index in [1.165, 1.54) is 0 Å². The maximum atomic E-state index is 11.7. The van der Waals surface area contributed by atoms with Crippen LogP contribution in [0.15, 0.2) is 0 Å². The molecule has 0 spiro atoms. The van der Waals surface area contributed by atoms with Crippen LogP contribution in [0.25, 0.3) is 0 Å². The third kappa shape index (κ3) is 4.13. The van der Waals surface area contributed by atoms with Crippen LogP contribution < -0.4 is 5.32 Å². The minimum atomic E-state index is -2.96. The van der Waals surface area contributed by atoms with Gasteiger partial charge >= 0.3 is 5.97 Å². The number of alkyl halides is 2. The second-order valence-electron chi connectivity index (χ2n) is 2.71. The molecule has 0 saturated carbocycles. The summed E-state index contributed by atoms with van der Waals surface area (Å²) < 4.78 is 23.4. The molecule has 0 aliphatic rings. The standard InChI is InChI=1S/C7H11F2NO4/c1-3(7(13)14)6(12)10-2-4(11)5(8)9/h3-5,11H,2H2,1H3,(H,10,12)(H,13,14). The third-order valence-electron chi connectivity index (χ3n) is 1.54. The van der Waals surface area contributed by atoms with Crippen molar-refractivity contribution < 1.29 is 28.6 Å². The normalized spacial score (nSPS) is 14.9. The second kappa shape index (κ2) is 5.48. The molecule has 0 aliphatic heterocycles. The van der Waals surface area contributed by atoms with E-state index in [1.54, 1.807) is 0 Å². The highest BCUT2D eigenvalue weighted by Gasteiger charge is 2.23. The van der Waals surface area contributed by atoms with Crippen LogP contribution in [0.5, 0.6) is 0 Å². The third-order valence-corrected chi connectivity index (χ3v) is 1.54. The lowest BCUT2D eigenvalue weighted by Crippen LogP contribution is -2.40. The van der Waals surface area contributed by atoms with Crippen LogP contribution >= 0.6 is 0 Å². The van der Waals surface area contributed by atoms with Gasteiger partial charge in [-0.25, -0.2) is 8.78 Å². The zero-order chi connectivity index (χ0) is 11.3. The molecule has 3 N–H and O–H groups in total. The minimum Gasteiger partial charge on any atom is -0.481 e. The summed E-state index contributed by atoms with van der Waals surface area (Å²) in [5.74, 6) is -3.58. The molecule has 2 unspecified atom stereocenters. The van der Waals surface area contributed by atoms with Gasteiger partial charge in [0.05, 0.1) is 0 Å². The molecule has 0 aromatic heterocycles. The number of carbonyl (C=O) groups excluding carboxylic acids is 1. The maximum absolute atomic E-state index is 11.7. The number of rotatable bonds is 5. The van der Waals surface area contributed by atoms with Crippen molar-refractivity contribution in [2.75, 3.05) is 6.54 Å². The highest BCUT2D eigenvalue weighted by molar-refractivity contribution is 5.96. The molecular formula is C7H11F2NO4. The molecule has 0 heterocycles. The molecule has 0 aliphatic carbocycles. The Kier molecular flexibility index (Phi) is 5.00. The number of aliphatic hydroxyl groups excluding tert-OH is 1. The number of carboxylic acids is 1. The number of nitrogens with one attached hydrogen (secondary N) is 1. The van der Waals surface area contributed by atoms with E-state index in [4.69, 9.17) is 10.2 Å². The summed E-state index contributed by atoms with van der Waals surface area (Å²) in [4.78, 5) is 21.1. The van der Waals surface area contributed by atoms with E-state index in [0.717, 1.165) is 6.92 Å². The van der Waals surface area contributed by atoms with Gasteiger partial charge < -0.3 is 15.5 Å². The summed E-state index contributed by atoms with van der Waals surface area (Å²) in [6.07, 6.45) is -4.93. The maximum Gasteiger partial charge on any atom is 0.315 e. The summed E-state index contributed by atoms with van der Waals surface area (Å²) >= 11 is 0. The number of amides is 1. The van der Waals surface area contributed by atoms with Gasteiger partial charge in [-0.2, -0.15) is 0 Å². The zero-order valence-corrected chi connectivity index (χ0v) is 7.41. The Morgan fingerprint density at radius 2 is 1.93 bits per heavy atom. The average Bonchev–Trinajstić information content (AvgIpc) is 2.11. The number of hydrogen-bond donors (Lipinski definition) is 3. The van der Waals surface area contributed by atoms with Gasteiger partial charge in [-0.3, -0.25) is 9.59 Å². The first-order valence-corrected chi connectivity index (χ1v) is 3.83. The molecular weight excluding hydrogens is 200 g/mol. The van der Waals surface area contributed by atoms with Gasteiger partial charge in [-0.15, -0.1) is 0 Å². The smallest absolute Gasteiger partial charge is 0.315 e. The SMILES string of the molecule is CC(C(=O)O)C(=O)NCC(O)C(F)F. The van der Waals surface area contributed by atoms with Gasteiger partial charge in [0.2, 0.25) is 5.91 Å². The van der Waals surface area contributed by atoms with E-state index in [0.29, 0.717) is 0 Å². The molecule has 0 fully saturated rings. The first-order valence-electron chi connectivity index (χ1n) is 3.83. The number of aliphatic carboxylic acids is 1. The molecule has 0 aromatic rings. The van der Waals surface area contributed by atoms with Crippen LogP contribution in [0, 0.1) is 5.92 Å². The summed E-state index contributed by atoms with van der Waals surface area (Å²) in [6, 6.07) is 0. The fourth-order valence-electron chi connectivity index (χ4n) is 0.559. The van der Waals surface area contributed by atoms with Crippen LogP contribution in [-0.4, -0.2) is 41.2 Å². The van der Waals surface area contributed by atoms with E-state index in [1.807, 2.05) is 5.32 Å². The lowest BCUT2D eigenvalue weighted by Gasteiger charge is -2.12. The Bertz CT molecular complexity index is 222. The quantitative estimate of drug-likeness (QED) is 0.532. The van der Waals surface area contributed by atoms with Crippen molar-refractivity contribution in [3.05, 3.63) is 0 Å². The van der Waals surface area contributed by atoms with Gasteiger partial charge in [0.15, 0.2) is 0 Å². The van der Waals surface area contributed by atoms with Gasteiger partial charge in [0.1, 0.15) is 12.0 Å². The number of carbonyl (C=O) groups is 2. The summed E-state index contributed by atoms with van der Waals surface area (Å²) in [7, 11) is 0. The van der Waals surface area contributed by atoms with Crippen molar-refractivity contribution in [2.45, 2.75) is 19.5 Å². The average molecular weight is 211 g/mol. The second-order valence-corrected chi connectivity index (χ2v) is 2.71. The van der Waals surface area contributed by atoms with Crippen molar-refractivity contribution in [3.8, 4) is 0 Å². The molecule has 2 atom stereocenters. The van der Waals surface area contributed by atoms with Crippen LogP contribution in [0.1, 0.15) is 6.92 Å². The first-order chi connectivity index (χ1) is 6.36. The number of hydrogen-bond acceptors (Lipinski definition) is 3. The van der Waals surface area contributed by atoms with E-state index < -0.39 is 36.9 Å². The minimum absolute atomic E-state index is 0.659. The van der Waals surface area contributed by atoms with Crippen molar-refractivity contribution in [1.82, 2.24) is 5.32 Å². The molecule has 0 radical (unpaired) electrons. The number of aliphatic hydroxyl groups is 1. The molecule has 82 valence electrons. The first kappa shape index (κ1) is 12.8. The predicted molar refractivity (Wildman–Crippen MR) is 41.8 cm³/mol. The fourth-order valence-corrected chi connectivity index (χ4v) is 0.559. The molecule has 0 saturated heterocycles. The van der Waals surface area contributed by atoms with Crippen LogP contribution in [0.4, 0.5) is 8.78 Å². The fraction of sp³-hybridized carbons (Fsp3) is 0.714. The Labute approximate surface area is 78.7 Å². The highest BCUT2D eigenvalue weighted by atomic mass is 19.3. The van der Waals surface area contributed by atoms with Crippen LogP contribution in [0.2, 0.25) is 0 Å². The Balaban J connectivity index is 3.91. The number of carboxylic acid groups (broad SMARTS) is 1. The lowest BCUT2D eigenvalue weighted by molar-refractivity contribution is -0.146. The predicted octanol–water partition coefficient (Wildman–Crippen LogP) is -0.551. The van der Waals surface area contributed by atoms with Gasteiger partial charge in [-0.1, -0.05) is 0 Å². The highest BCUT2D eigenvalue weighted by Crippen LogP contribution is 2.00. The van der Waals surface area contributed by atoms with E-state index in [-0.39, 0.29) is 0 Å². The molecule has 5 nitrogen and oxygen atoms in total. The topological polar surface area (TPSA) is 86.6 Å². The molecule has 0 bridgehead atoms. The lowest BCUT2D eigenvalue weighted by atomic mass is 10.1. The van der Waals surface area contributed by atoms with Gasteiger partial charge in [0, 0.05) is 6.54 Å². The molecule has 14 heavy (non-hydrogen) atoms. The largest absolute Gasteiger partial charge is 0.481 e. The molecule has 0 aromatic carbocycles.